The van der Waals surface area contributed by atoms with Crippen molar-refractivity contribution in [2.75, 3.05) is 31.1 Å². The van der Waals surface area contributed by atoms with E-state index in [0.29, 0.717) is 25.9 Å². The van der Waals surface area contributed by atoms with E-state index < -0.39 is 0 Å². The van der Waals surface area contributed by atoms with E-state index in [0.717, 1.165) is 23.8 Å². The average Bonchev–Trinajstić information content (AvgIpc) is 2.45. The number of carbonyl (C=O) groups excluding carboxylic acids is 2. The number of ketones is 1. The van der Waals surface area contributed by atoms with E-state index in [1.54, 1.807) is 0 Å². The van der Waals surface area contributed by atoms with Gasteiger partial charge >= 0.3 is 0 Å². The molecule has 0 aliphatic carbocycles. The minimum absolute atomic E-state index is 0.0657. The van der Waals surface area contributed by atoms with E-state index in [4.69, 9.17) is 11.6 Å². The summed E-state index contributed by atoms with van der Waals surface area (Å²) < 4.78 is 0. The highest BCUT2D eigenvalue weighted by atomic mass is 35.5. The van der Waals surface area contributed by atoms with Crippen molar-refractivity contribution in [1.29, 1.82) is 0 Å². The maximum Gasteiger partial charge on any atom is 0.223 e. The highest BCUT2D eigenvalue weighted by Gasteiger charge is 2.21. The molecule has 4 nitrogen and oxygen atoms in total. The molecule has 1 aliphatic rings. The SMILES string of the molecule is CC(=O)CCC(=O)N1CCN(c2cccc(Cl)c2)CC1. The summed E-state index contributed by atoms with van der Waals surface area (Å²) in [6.07, 6.45) is 0.667. The number of benzene rings is 1. The first-order valence-electron chi connectivity index (χ1n) is 6.84. The lowest BCUT2D eigenvalue weighted by Gasteiger charge is -2.36. The molecule has 1 saturated heterocycles. The summed E-state index contributed by atoms with van der Waals surface area (Å²) in [6, 6.07) is 7.75. The van der Waals surface area contributed by atoms with E-state index in [2.05, 4.69) is 4.90 Å². The molecule has 0 saturated carbocycles. The van der Waals surface area contributed by atoms with Crippen molar-refractivity contribution in [2.45, 2.75) is 19.8 Å². The van der Waals surface area contributed by atoms with Crippen molar-refractivity contribution < 1.29 is 9.59 Å². The lowest BCUT2D eigenvalue weighted by atomic mass is 10.2. The number of amides is 1. The summed E-state index contributed by atoms with van der Waals surface area (Å²) in [5.41, 5.74) is 1.09. The zero-order chi connectivity index (χ0) is 14.5. The molecule has 0 aromatic heterocycles. The summed E-state index contributed by atoms with van der Waals surface area (Å²) in [7, 11) is 0. The number of anilines is 1. The third-order valence-electron chi connectivity index (χ3n) is 3.50. The molecule has 0 radical (unpaired) electrons. The van der Waals surface area contributed by atoms with Crippen LogP contribution in [0.5, 0.6) is 0 Å². The third-order valence-corrected chi connectivity index (χ3v) is 3.73. The van der Waals surface area contributed by atoms with E-state index in [1.807, 2.05) is 29.2 Å². The molecule has 1 heterocycles. The van der Waals surface area contributed by atoms with Gasteiger partial charge in [-0.15, -0.1) is 0 Å². The van der Waals surface area contributed by atoms with Gasteiger partial charge in [0.2, 0.25) is 5.91 Å². The van der Waals surface area contributed by atoms with Crippen LogP contribution in [0, 0.1) is 0 Å². The normalized spacial score (nSPS) is 15.3. The molecule has 0 bridgehead atoms. The minimum atomic E-state index is 0.0657. The Morgan fingerprint density at radius 3 is 2.45 bits per heavy atom. The molecular weight excluding hydrogens is 276 g/mol. The van der Waals surface area contributed by atoms with Crippen molar-refractivity contribution in [1.82, 2.24) is 4.90 Å². The van der Waals surface area contributed by atoms with Gasteiger partial charge in [-0.25, -0.2) is 0 Å². The van der Waals surface area contributed by atoms with Crippen LogP contribution >= 0.6 is 11.6 Å². The largest absolute Gasteiger partial charge is 0.368 e. The Morgan fingerprint density at radius 2 is 1.85 bits per heavy atom. The van der Waals surface area contributed by atoms with Gasteiger partial charge in [0.05, 0.1) is 0 Å². The van der Waals surface area contributed by atoms with Crippen LogP contribution in [-0.2, 0) is 9.59 Å². The molecule has 0 unspecified atom stereocenters. The van der Waals surface area contributed by atoms with Crippen molar-refractivity contribution in [3.05, 3.63) is 29.3 Å². The quantitative estimate of drug-likeness (QED) is 0.856. The first kappa shape index (κ1) is 14.9. The maximum atomic E-state index is 11.9. The van der Waals surface area contributed by atoms with Gasteiger partial charge in [-0.3, -0.25) is 4.79 Å². The zero-order valence-electron chi connectivity index (χ0n) is 11.6. The highest BCUT2D eigenvalue weighted by molar-refractivity contribution is 6.30. The lowest BCUT2D eigenvalue weighted by Crippen LogP contribution is -2.48. The van der Waals surface area contributed by atoms with Crippen LogP contribution in [0.15, 0.2) is 24.3 Å². The summed E-state index contributed by atoms with van der Waals surface area (Å²) >= 11 is 5.99. The molecule has 1 aliphatic heterocycles. The highest BCUT2D eigenvalue weighted by Crippen LogP contribution is 2.20. The predicted molar refractivity (Wildman–Crippen MR) is 80.2 cm³/mol. The lowest BCUT2D eigenvalue weighted by molar-refractivity contribution is -0.133. The Kier molecular flexibility index (Phi) is 5.01. The molecular formula is C15H19ClN2O2. The van der Waals surface area contributed by atoms with E-state index in [-0.39, 0.29) is 11.7 Å². The molecule has 108 valence electrons. The number of halogens is 1. The Bertz CT molecular complexity index is 496. The Hall–Kier alpha value is -1.55. The number of hydrogen-bond donors (Lipinski definition) is 0. The van der Waals surface area contributed by atoms with E-state index in [1.165, 1.54) is 6.92 Å². The van der Waals surface area contributed by atoms with Crippen LogP contribution in [0.3, 0.4) is 0 Å². The van der Waals surface area contributed by atoms with Crippen LogP contribution in [0.4, 0.5) is 5.69 Å². The van der Waals surface area contributed by atoms with Crippen molar-refractivity contribution in [3.63, 3.8) is 0 Å². The zero-order valence-corrected chi connectivity index (χ0v) is 12.4. The van der Waals surface area contributed by atoms with Crippen LogP contribution in [0.2, 0.25) is 5.02 Å². The predicted octanol–water partition coefficient (Wildman–Crippen LogP) is 2.36. The molecule has 20 heavy (non-hydrogen) atoms. The second-order valence-corrected chi connectivity index (χ2v) is 5.49. The van der Waals surface area contributed by atoms with Crippen molar-refractivity contribution >= 4 is 29.0 Å². The second-order valence-electron chi connectivity index (χ2n) is 5.05. The molecule has 1 amide bonds. The molecule has 0 N–H and O–H groups in total. The standard InChI is InChI=1S/C15H19ClN2O2/c1-12(19)5-6-15(20)18-9-7-17(8-10-18)14-4-2-3-13(16)11-14/h2-4,11H,5-10H2,1H3. The fourth-order valence-corrected chi connectivity index (χ4v) is 2.51. The summed E-state index contributed by atoms with van der Waals surface area (Å²) in [5.74, 6) is 0.141. The first-order valence-corrected chi connectivity index (χ1v) is 7.22. The van der Waals surface area contributed by atoms with Gasteiger partial charge in [-0.2, -0.15) is 0 Å². The first-order chi connectivity index (χ1) is 9.56. The van der Waals surface area contributed by atoms with Gasteiger partial charge in [-0.05, 0) is 25.1 Å². The number of hydrogen-bond acceptors (Lipinski definition) is 3. The second kappa shape index (κ2) is 6.75. The minimum Gasteiger partial charge on any atom is -0.368 e. The number of piperazine rings is 1. The Balaban J connectivity index is 1.86. The Morgan fingerprint density at radius 1 is 1.15 bits per heavy atom. The monoisotopic (exact) mass is 294 g/mol. The topological polar surface area (TPSA) is 40.6 Å². The fourth-order valence-electron chi connectivity index (χ4n) is 2.33. The Labute approximate surface area is 124 Å². The molecule has 2 rings (SSSR count). The number of Topliss-reactive ketones (excluding diaryl/α,β-unsaturated/α-hetero) is 1. The van der Waals surface area contributed by atoms with E-state index >= 15 is 0 Å². The van der Waals surface area contributed by atoms with Gasteiger partial charge in [0, 0.05) is 49.7 Å². The number of carbonyl (C=O) groups is 2. The third kappa shape index (κ3) is 3.97. The molecule has 1 aromatic carbocycles. The van der Waals surface area contributed by atoms with Gasteiger partial charge in [-0.1, -0.05) is 17.7 Å². The molecule has 5 heteroatoms. The van der Waals surface area contributed by atoms with Crippen LogP contribution < -0.4 is 4.90 Å². The summed E-state index contributed by atoms with van der Waals surface area (Å²) in [5, 5.41) is 0.725. The summed E-state index contributed by atoms with van der Waals surface area (Å²) in [6.45, 7) is 4.51. The summed E-state index contributed by atoms with van der Waals surface area (Å²) in [4.78, 5) is 26.9. The molecule has 0 atom stereocenters. The molecule has 0 spiro atoms. The molecule has 1 fully saturated rings. The van der Waals surface area contributed by atoms with Gasteiger partial charge in [0.15, 0.2) is 0 Å². The van der Waals surface area contributed by atoms with E-state index in [9.17, 15) is 9.59 Å². The number of rotatable bonds is 4. The van der Waals surface area contributed by atoms with Gasteiger partial charge in [0.1, 0.15) is 5.78 Å². The average molecular weight is 295 g/mol. The van der Waals surface area contributed by atoms with Crippen LogP contribution in [-0.4, -0.2) is 42.8 Å². The van der Waals surface area contributed by atoms with Crippen molar-refractivity contribution in [3.8, 4) is 0 Å². The smallest absolute Gasteiger partial charge is 0.223 e. The van der Waals surface area contributed by atoms with Gasteiger partial charge < -0.3 is 14.6 Å². The fraction of sp³-hybridized carbons (Fsp3) is 0.467. The van der Waals surface area contributed by atoms with Gasteiger partial charge in [0.25, 0.3) is 0 Å². The molecule has 1 aromatic rings. The maximum absolute atomic E-state index is 11.9. The number of nitrogens with zero attached hydrogens (tertiary/aromatic N) is 2. The van der Waals surface area contributed by atoms with Crippen LogP contribution in [0.1, 0.15) is 19.8 Å². The van der Waals surface area contributed by atoms with Crippen molar-refractivity contribution in [2.24, 2.45) is 0 Å². The van der Waals surface area contributed by atoms with Crippen LogP contribution in [0.25, 0.3) is 0 Å².